The number of halogens is 2. The minimum atomic E-state index is -0.384. The first kappa shape index (κ1) is 18.1. The van der Waals surface area contributed by atoms with Crippen LogP contribution in [0.2, 0.25) is 0 Å². The SMILES string of the molecule is O=c1c2cc(Br)ccc2nc(-c2ccc(F)cc2)n1N=Cc1cccc(O)c1. The lowest BCUT2D eigenvalue weighted by Gasteiger charge is -2.10. The second-order valence-corrected chi connectivity index (χ2v) is 6.98. The number of nitrogens with zero attached hydrogens (tertiary/aromatic N) is 3. The lowest BCUT2D eigenvalue weighted by atomic mass is 10.2. The van der Waals surface area contributed by atoms with Gasteiger partial charge in [-0.2, -0.15) is 9.78 Å². The van der Waals surface area contributed by atoms with Gasteiger partial charge in [-0.05, 0) is 60.2 Å². The van der Waals surface area contributed by atoms with E-state index in [1.807, 2.05) is 0 Å². The third kappa shape index (κ3) is 3.57. The molecule has 0 fully saturated rings. The van der Waals surface area contributed by atoms with Crippen LogP contribution in [-0.2, 0) is 0 Å². The van der Waals surface area contributed by atoms with E-state index >= 15 is 0 Å². The van der Waals surface area contributed by atoms with Crippen molar-refractivity contribution < 1.29 is 9.50 Å². The summed E-state index contributed by atoms with van der Waals surface area (Å²) in [5, 5.41) is 14.3. The quantitative estimate of drug-likeness (QED) is 0.478. The molecule has 1 aromatic heterocycles. The van der Waals surface area contributed by atoms with Crippen LogP contribution in [0.15, 0.2) is 81.1 Å². The van der Waals surface area contributed by atoms with Gasteiger partial charge in [0.1, 0.15) is 11.6 Å². The molecule has 138 valence electrons. The second kappa shape index (κ2) is 7.36. The predicted octanol–water partition coefficient (Wildman–Crippen LogP) is 4.55. The van der Waals surface area contributed by atoms with Crippen LogP contribution in [0.4, 0.5) is 4.39 Å². The van der Waals surface area contributed by atoms with E-state index in [-0.39, 0.29) is 23.0 Å². The highest BCUT2D eigenvalue weighted by atomic mass is 79.9. The average Bonchev–Trinajstić information content (AvgIpc) is 2.68. The van der Waals surface area contributed by atoms with Crippen molar-refractivity contribution in [2.24, 2.45) is 5.10 Å². The number of phenolic OH excluding ortho intramolecular Hbond substituents is 1. The summed E-state index contributed by atoms with van der Waals surface area (Å²) in [5.74, 6) is -0.00234. The maximum Gasteiger partial charge on any atom is 0.282 e. The maximum absolute atomic E-state index is 13.3. The molecule has 0 radical (unpaired) electrons. The van der Waals surface area contributed by atoms with Crippen molar-refractivity contribution in [1.29, 1.82) is 0 Å². The molecule has 0 atom stereocenters. The van der Waals surface area contributed by atoms with Gasteiger partial charge in [0.05, 0.1) is 17.1 Å². The van der Waals surface area contributed by atoms with E-state index < -0.39 is 0 Å². The minimum Gasteiger partial charge on any atom is -0.508 e. The molecule has 3 aromatic carbocycles. The van der Waals surface area contributed by atoms with E-state index in [0.29, 0.717) is 22.0 Å². The number of benzene rings is 3. The molecule has 0 saturated carbocycles. The largest absolute Gasteiger partial charge is 0.508 e. The van der Waals surface area contributed by atoms with Crippen molar-refractivity contribution in [3.05, 3.63) is 92.9 Å². The Morgan fingerprint density at radius 1 is 1.07 bits per heavy atom. The lowest BCUT2D eigenvalue weighted by molar-refractivity contribution is 0.475. The Labute approximate surface area is 167 Å². The standard InChI is InChI=1S/C21H13BrFN3O2/c22-15-6-9-19-18(11-15)21(28)26(24-12-13-2-1-3-17(27)10-13)20(25-19)14-4-7-16(23)8-5-14/h1-12,27H. The molecular formula is C21H13BrFN3O2. The second-order valence-electron chi connectivity index (χ2n) is 6.06. The fraction of sp³-hybridized carbons (Fsp3) is 0. The summed E-state index contributed by atoms with van der Waals surface area (Å²) < 4.78 is 15.3. The number of aromatic hydroxyl groups is 1. The van der Waals surface area contributed by atoms with Gasteiger partial charge < -0.3 is 5.11 Å². The topological polar surface area (TPSA) is 67.5 Å². The molecule has 4 aromatic rings. The Hall–Kier alpha value is -3.32. The van der Waals surface area contributed by atoms with Crippen molar-refractivity contribution >= 4 is 33.0 Å². The maximum atomic E-state index is 13.3. The zero-order valence-electron chi connectivity index (χ0n) is 14.4. The van der Waals surface area contributed by atoms with Crippen LogP contribution in [0.5, 0.6) is 5.75 Å². The zero-order chi connectivity index (χ0) is 19.7. The van der Waals surface area contributed by atoms with Crippen LogP contribution in [0.3, 0.4) is 0 Å². The lowest BCUT2D eigenvalue weighted by Crippen LogP contribution is -2.20. The van der Waals surface area contributed by atoms with Gasteiger partial charge in [-0.3, -0.25) is 4.79 Å². The summed E-state index contributed by atoms with van der Waals surface area (Å²) in [6.07, 6.45) is 1.46. The fourth-order valence-electron chi connectivity index (χ4n) is 2.77. The van der Waals surface area contributed by atoms with Crippen molar-refractivity contribution in [3.63, 3.8) is 0 Å². The van der Waals surface area contributed by atoms with Crippen LogP contribution in [0.25, 0.3) is 22.3 Å². The van der Waals surface area contributed by atoms with Gasteiger partial charge >= 0.3 is 0 Å². The smallest absolute Gasteiger partial charge is 0.282 e. The number of hydrogen-bond acceptors (Lipinski definition) is 4. The fourth-order valence-corrected chi connectivity index (χ4v) is 3.13. The van der Waals surface area contributed by atoms with Crippen LogP contribution < -0.4 is 5.56 Å². The Bertz CT molecular complexity index is 1270. The summed E-state index contributed by atoms with van der Waals surface area (Å²) >= 11 is 3.36. The van der Waals surface area contributed by atoms with E-state index in [0.717, 1.165) is 4.47 Å². The van der Waals surface area contributed by atoms with Crippen LogP contribution in [-0.4, -0.2) is 21.0 Å². The molecule has 0 unspecified atom stereocenters. The van der Waals surface area contributed by atoms with E-state index in [4.69, 9.17) is 0 Å². The molecule has 0 saturated heterocycles. The molecule has 0 amide bonds. The summed E-state index contributed by atoms with van der Waals surface area (Å²) in [6.45, 7) is 0. The molecule has 1 heterocycles. The molecule has 1 N–H and O–H groups in total. The Kier molecular flexibility index (Phi) is 4.75. The highest BCUT2D eigenvalue weighted by Crippen LogP contribution is 2.21. The third-order valence-electron chi connectivity index (χ3n) is 4.10. The van der Waals surface area contributed by atoms with Gasteiger partial charge in [-0.15, -0.1) is 0 Å². The number of hydrogen-bond donors (Lipinski definition) is 1. The van der Waals surface area contributed by atoms with E-state index in [9.17, 15) is 14.3 Å². The molecule has 0 spiro atoms. The number of fused-ring (bicyclic) bond motifs is 1. The minimum absolute atomic E-state index is 0.0932. The van der Waals surface area contributed by atoms with Crippen molar-refractivity contribution in [2.75, 3.05) is 0 Å². The number of rotatable bonds is 3. The molecule has 4 rings (SSSR count). The first-order valence-electron chi connectivity index (χ1n) is 8.33. The summed E-state index contributed by atoms with van der Waals surface area (Å²) in [7, 11) is 0. The van der Waals surface area contributed by atoms with Gasteiger partial charge in [-0.1, -0.05) is 28.1 Å². The van der Waals surface area contributed by atoms with Crippen molar-refractivity contribution in [3.8, 4) is 17.1 Å². The highest BCUT2D eigenvalue weighted by molar-refractivity contribution is 9.10. The van der Waals surface area contributed by atoms with Crippen molar-refractivity contribution in [1.82, 2.24) is 9.66 Å². The van der Waals surface area contributed by atoms with Gasteiger partial charge in [0, 0.05) is 10.0 Å². The summed E-state index contributed by atoms with van der Waals surface area (Å²) in [4.78, 5) is 17.7. The normalized spacial score (nSPS) is 11.4. The number of aromatic nitrogens is 2. The Balaban J connectivity index is 1.95. The molecular weight excluding hydrogens is 425 g/mol. The Morgan fingerprint density at radius 2 is 1.86 bits per heavy atom. The molecule has 5 nitrogen and oxygen atoms in total. The molecule has 0 aliphatic heterocycles. The zero-order valence-corrected chi connectivity index (χ0v) is 16.0. The van der Waals surface area contributed by atoms with E-state index in [1.165, 1.54) is 29.1 Å². The van der Waals surface area contributed by atoms with Crippen LogP contribution >= 0.6 is 15.9 Å². The summed E-state index contributed by atoms with van der Waals surface area (Å²) in [6, 6.07) is 17.4. The first-order valence-corrected chi connectivity index (χ1v) is 9.12. The van der Waals surface area contributed by atoms with Crippen molar-refractivity contribution in [2.45, 2.75) is 0 Å². The van der Waals surface area contributed by atoms with Gasteiger partial charge in [0.15, 0.2) is 5.82 Å². The van der Waals surface area contributed by atoms with Crippen LogP contribution in [0, 0.1) is 5.82 Å². The van der Waals surface area contributed by atoms with Gasteiger partial charge in [0.25, 0.3) is 5.56 Å². The van der Waals surface area contributed by atoms with E-state index in [1.54, 1.807) is 48.5 Å². The highest BCUT2D eigenvalue weighted by Gasteiger charge is 2.13. The van der Waals surface area contributed by atoms with Gasteiger partial charge in [0.2, 0.25) is 0 Å². The first-order chi connectivity index (χ1) is 13.5. The number of phenols is 1. The molecule has 0 aliphatic carbocycles. The van der Waals surface area contributed by atoms with Crippen LogP contribution in [0.1, 0.15) is 5.56 Å². The van der Waals surface area contributed by atoms with Gasteiger partial charge in [-0.25, -0.2) is 9.37 Å². The van der Waals surface area contributed by atoms with E-state index in [2.05, 4.69) is 26.0 Å². The molecule has 28 heavy (non-hydrogen) atoms. The molecule has 0 bridgehead atoms. The third-order valence-corrected chi connectivity index (χ3v) is 4.60. The molecule has 0 aliphatic rings. The predicted molar refractivity (Wildman–Crippen MR) is 110 cm³/mol. The Morgan fingerprint density at radius 3 is 2.61 bits per heavy atom. The molecule has 7 heteroatoms. The summed E-state index contributed by atoms with van der Waals surface area (Å²) in [5.41, 5.74) is 1.32. The monoisotopic (exact) mass is 437 g/mol. The average molecular weight is 438 g/mol.